The molecule has 0 heterocycles. The Kier molecular flexibility index (Phi) is 5.35. The Labute approximate surface area is 151 Å². The van der Waals surface area contributed by atoms with Gasteiger partial charge in [0.2, 0.25) is 0 Å². The van der Waals surface area contributed by atoms with E-state index in [1.165, 1.54) is 19.4 Å². The summed E-state index contributed by atoms with van der Waals surface area (Å²) in [5.41, 5.74) is 1.32. The van der Waals surface area contributed by atoms with Crippen LogP contribution >= 0.6 is 0 Å². The molecule has 1 aliphatic carbocycles. The second-order valence-corrected chi connectivity index (χ2v) is 6.80. The van der Waals surface area contributed by atoms with E-state index in [9.17, 15) is 14.0 Å². The van der Waals surface area contributed by atoms with E-state index < -0.39 is 17.7 Å². The third-order valence-electron chi connectivity index (χ3n) is 4.92. The van der Waals surface area contributed by atoms with Crippen molar-refractivity contribution in [2.24, 2.45) is 5.92 Å². The molecule has 4 nitrogen and oxygen atoms in total. The van der Waals surface area contributed by atoms with Gasteiger partial charge in [0.1, 0.15) is 11.6 Å². The highest BCUT2D eigenvalue weighted by Gasteiger charge is 2.22. The van der Waals surface area contributed by atoms with Crippen molar-refractivity contribution in [1.82, 2.24) is 0 Å². The van der Waals surface area contributed by atoms with Crippen molar-refractivity contribution < 1.29 is 23.8 Å². The Bertz CT molecular complexity index is 827. The minimum atomic E-state index is -1.00. The molecule has 2 aromatic carbocycles. The number of rotatable bonds is 6. The number of halogens is 1. The molecular formula is C21H21FO4. The van der Waals surface area contributed by atoms with E-state index in [-0.39, 0.29) is 5.97 Å². The molecule has 0 spiro atoms. The number of aliphatic carboxylic acids is 1. The Morgan fingerprint density at radius 1 is 1.23 bits per heavy atom. The average molecular weight is 356 g/mol. The van der Waals surface area contributed by atoms with E-state index in [0.29, 0.717) is 34.8 Å². The van der Waals surface area contributed by atoms with E-state index in [0.717, 1.165) is 12.8 Å². The van der Waals surface area contributed by atoms with Crippen LogP contribution in [0.5, 0.6) is 5.75 Å². The van der Waals surface area contributed by atoms with Crippen LogP contribution in [0, 0.1) is 11.7 Å². The molecule has 1 N–H and O–H groups in total. The highest BCUT2D eigenvalue weighted by atomic mass is 19.1. The van der Waals surface area contributed by atoms with Crippen LogP contribution in [0.1, 0.15) is 44.1 Å². The molecule has 26 heavy (non-hydrogen) atoms. The lowest BCUT2D eigenvalue weighted by Crippen LogP contribution is -2.19. The van der Waals surface area contributed by atoms with Gasteiger partial charge in [-0.1, -0.05) is 30.7 Å². The van der Waals surface area contributed by atoms with Gasteiger partial charge in [0, 0.05) is 12.0 Å². The maximum atomic E-state index is 14.5. The number of hydrogen-bond donors (Lipinski definition) is 1. The van der Waals surface area contributed by atoms with Gasteiger partial charge in [-0.25, -0.2) is 4.39 Å². The van der Waals surface area contributed by atoms with Crippen LogP contribution in [0.2, 0.25) is 0 Å². The predicted octanol–water partition coefficient (Wildman–Crippen LogP) is 4.78. The predicted molar refractivity (Wildman–Crippen MR) is 95.5 cm³/mol. The third-order valence-corrected chi connectivity index (χ3v) is 4.92. The van der Waals surface area contributed by atoms with Crippen LogP contribution in [-0.2, 0) is 9.59 Å². The van der Waals surface area contributed by atoms with Gasteiger partial charge in [0.05, 0.1) is 5.92 Å². The number of carbonyl (C=O) groups is 2. The number of esters is 1. The summed E-state index contributed by atoms with van der Waals surface area (Å²) in [7, 11) is 0. The number of carboxylic acid groups (broad SMARTS) is 1. The zero-order chi connectivity index (χ0) is 18.7. The summed E-state index contributed by atoms with van der Waals surface area (Å²) in [4.78, 5) is 23.0. The summed E-state index contributed by atoms with van der Waals surface area (Å²) >= 11 is 0. The van der Waals surface area contributed by atoms with E-state index in [2.05, 4.69) is 0 Å². The lowest BCUT2D eigenvalue weighted by Gasteiger charge is -2.23. The molecule has 1 unspecified atom stereocenters. The van der Waals surface area contributed by atoms with Crippen LogP contribution in [0.4, 0.5) is 4.39 Å². The molecule has 3 rings (SSSR count). The minimum Gasteiger partial charge on any atom is -0.481 e. The van der Waals surface area contributed by atoms with Gasteiger partial charge >= 0.3 is 11.9 Å². The smallest absolute Gasteiger partial charge is 0.311 e. The van der Waals surface area contributed by atoms with Crippen LogP contribution in [-0.4, -0.2) is 17.0 Å². The summed E-state index contributed by atoms with van der Waals surface area (Å²) < 4.78 is 19.9. The maximum absolute atomic E-state index is 14.5. The molecule has 2 aromatic rings. The molecule has 1 saturated carbocycles. The quantitative estimate of drug-likeness (QED) is 0.598. The van der Waals surface area contributed by atoms with Crippen LogP contribution in [0.3, 0.4) is 0 Å². The van der Waals surface area contributed by atoms with Gasteiger partial charge in [-0.3, -0.25) is 9.59 Å². The molecular weight excluding hydrogens is 335 g/mol. The Balaban J connectivity index is 1.76. The Morgan fingerprint density at radius 3 is 2.62 bits per heavy atom. The van der Waals surface area contributed by atoms with E-state index in [1.807, 2.05) is 0 Å². The second kappa shape index (κ2) is 7.68. The summed E-state index contributed by atoms with van der Waals surface area (Å²) in [6, 6.07) is 11.1. The maximum Gasteiger partial charge on any atom is 0.311 e. The normalized spacial score (nSPS) is 15.2. The fourth-order valence-electron chi connectivity index (χ4n) is 3.01. The molecule has 0 bridgehead atoms. The lowest BCUT2D eigenvalue weighted by molar-refractivity contribution is -0.138. The molecule has 136 valence electrons. The molecule has 0 aliphatic heterocycles. The third kappa shape index (κ3) is 4.10. The zero-order valence-electron chi connectivity index (χ0n) is 14.6. The van der Waals surface area contributed by atoms with Crippen molar-refractivity contribution in [2.45, 2.75) is 38.5 Å². The number of carbonyl (C=O) groups excluding carboxylic acids is 1. The van der Waals surface area contributed by atoms with Crippen molar-refractivity contribution in [3.05, 3.63) is 53.8 Å². The Hall–Kier alpha value is -2.69. The second-order valence-electron chi connectivity index (χ2n) is 6.80. The van der Waals surface area contributed by atoms with Gasteiger partial charge in [-0.2, -0.15) is 0 Å². The molecule has 1 aliphatic rings. The number of carboxylic acids is 1. The van der Waals surface area contributed by atoms with Gasteiger partial charge in [0.25, 0.3) is 0 Å². The van der Waals surface area contributed by atoms with Crippen LogP contribution in [0.25, 0.3) is 11.1 Å². The lowest BCUT2D eigenvalue weighted by atomic mass is 9.83. The number of hydrogen-bond acceptors (Lipinski definition) is 3. The van der Waals surface area contributed by atoms with Crippen LogP contribution < -0.4 is 4.74 Å². The fourth-order valence-corrected chi connectivity index (χ4v) is 3.01. The van der Waals surface area contributed by atoms with Crippen molar-refractivity contribution in [3.8, 4) is 16.9 Å². The van der Waals surface area contributed by atoms with Crippen LogP contribution in [0.15, 0.2) is 42.5 Å². The first-order valence-electron chi connectivity index (χ1n) is 8.77. The van der Waals surface area contributed by atoms with Crippen molar-refractivity contribution >= 4 is 11.9 Å². The monoisotopic (exact) mass is 356 g/mol. The standard InChI is InChI=1S/C21H21FO4/c1-13(21(24)25)15-8-9-18(19(22)12-15)16-6-3-7-17(11-16)26-20(23)10-14-4-2-5-14/h3,6-9,11-14H,2,4-5,10H2,1H3,(H,24,25). The topological polar surface area (TPSA) is 63.6 Å². The molecule has 0 aromatic heterocycles. The van der Waals surface area contributed by atoms with Crippen molar-refractivity contribution in [3.63, 3.8) is 0 Å². The largest absolute Gasteiger partial charge is 0.481 e. The summed E-state index contributed by atoms with van der Waals surface area (Å²) in [6.07, 6.45) is 3.73. The summed E-state index contributed by atoms with van der Waals surface area (Å²) in [5, 5.41) is 9.05. The molecule has 1 atom stereocenters. The summed E-state index contributed by atoms with van der Waals surface area (Å²) in [5.74, 6) is -1.75. The van der Waals surface area contributed by atoms with Gasteiger partial charge < -0.3 is 9.84 Å². The molecule has 0 amide bonds. The van der Waals surface area contributed by atoms with Gasteiger partial charge in [0.15, 0.2) is 0 Å². The Morgan fingerprint density at radius 2 is 2.00 bits per heavy atom. The van der Waals surface area contributed by atoms with Gasteiger partial charge in [-0.05, 0) is 55.0 Å². The SMILES string of the molecule is CC(C(=O)O)c1ccc(-c2cccc(OC(=O)CC3CCC3)c2)c(F)c1. The average Bonchev–Trinajstić information content (AvgIpc) is 2.57. The highest BCUT2D eigenvalue weighted by Crippen LogP contribution is 2.31. The van der Waals surface area contributed by atoms with Gasteiger partial charge in [-0.15, -0.1) is 0 Å². The zero-order valence-corrected chi connectivity index (χ0v) is 14.6. The van der Waals surface area contributed by atoms with E-state index in [4.69, 9.17) is 9.84 Å². The number of ether oxygens (including phenoxy) is 1. The molecule has 5 heteroatoms. The molecule has 0 saturated heterocycles. The first-order chi connectivity index (χ1) is 12.4. The summed E-state index contributed by atoms with van der Waals surface area (Å²) in [6.45, 7) is 1.51. The first kappa shape index (κ1) is 18.1. The van der Waals surface area contributed by atoms with Crippen molar-refractivity contribution in [2.75, 3.05) is 0 Å². The molecule has 0 radical (unpaired) electrons. The molecule has 1 fully saturated rings. The van der Waals surface area contributed by atoms with Crippen molar-refractivity contribution in [1.29, 1.82) is 0 Å². The van der Waals surface area contributed by atoms with E-state index >= 15 is 0 Å². The first-order valence-corrected chi connectivity index (χ1v) is 8.77. The number of benzene rings is 2. The van der Waals surface area contributed by atoms with E-state index in [1.54, 1.807) is 36.4 Å². The highest BCUT2D eigenvalue weighted by molar-refractivity contribution is 5.77. The minimum absolute atomic E-state index is 0.266. The fraction of sp³-hybridized carbons (Fsp3) is 0.333.